The van der Waals surface area contributed by atoms with Crippen LogP contribution in [0, 0.1) is 23.7 Å². The van der Waals surface area contributed by atoms with Crippen molar-refractivity contribution in [1.29, 1.82) is 0 Å². The minimum absolute atomic E-state index is 0.406. The lowest BCUT2D eigenvalue weighted by molar-refractivity contribution is -0.184. The van der Waals surface area contributed by atoms with Gasteiger partial charge in [-0.15, -0.1) is 0 Å². The Kier molecular flexibility index (Phi) is 3.43. The highest BCUT2D eigenvalue weighted by Gasteiger charge is 2.59. The van der Waals surface area contributed by atoms with Gasteiger partial charge in [0.1, 0.15) is 5.60 Å². The highest BCUT2D eigenvalue weighted by Crippen LogP contribution is 2.62. The molecule has 0 atom stereocenters. The summed E-state index contributed by atoms with van der Waals surface area (Å²) in [4.78, 5) is 0. The topological polar surface area (TPSA) is 47.3 Å². The second-order valence-corrected chi connectivity index (χ2v) is 8.04. The average molecular weight is 355 g/mol. The molecule has 5 rings (SSSR count). The first-order chi connectivity index (χ1) is 10.1. The van der Waals surface area contributed by atoms with Gasteiger partial charge in [-0.3, -0.25) is 4.68 Å². The summed E-state index contributed by atoms with van der Waals surface area (Å²) in [5.41, 5.74) is 0.296. The molecule has 4 nitrogen and oxygen atoms in total. The minimum Gasteiger partial charge on any atom is -0.383 e. The van der Waals surface area contributed by atoms with E-state index in [9.17, 15) is 5.11 Å². The number of aromatic nitrogens is 2. The molecule has 4 aliphatic carbocycles. The van der Waals surface area contributed by atoms with Crippen molar-refractivity contribution >= 4 is 15.9 Å². The fourth-order valence-corrected chi connectivity index (χ4v) is 6.01. The van der Waals surface area contributed by atoms with Gasteiger partial charge in [0.05, 0.1) is 29.5 Å². The van der Waals surface area contributed by atoms with Gasteiger partial charge in [-0.05, 0) is 71.7 Å². The van der Waals surface area contributed by atoms with Crippen molar-refractivity contribution in [1.82, 2.24) is 9.78 Å². The predicted molar refractivity (Wildman–Crippen MR) is 82.7 cm³/mol. The van der Waals surface area contributed by atoms with Crippen LogP contribution in [-0.4, -0.2) is 28.6 Å². The van der Waals surface area contributed by atoms with Gasteiger partial charge in [-0.2, -0.15) is 5.10 Å². The zero-order valence-corrected chi connectivity index (χ0v) is 14.1. The minimum atomic E-state index is -0.698. The fraction of sp³-hybridized carbons (Fsp3) is 0.812. The largest absolute Gasteiger partial charge is 0.383 e. The molecule has 0 spiro atoms. The van der Waals surface area contributed by atoms with Crippen molar-refractivity contribution in [2.24, 2.45) is 23.7 Å². The summed E-state index contributed by atoms with van der Waals surface area (Å²) in [7, 11) is 1.70. The molecular formula is C16H23BrN2O2. The normalized spacial score (nSPS) is 40.9. The monoisotopic (exact) mass is 354 g/mol. The first-order valence-corrected chi connectivity index (χ1v) is 8.85. The number of nitrogens with zero attached hydrogens (tertiary/aromatic N) is 2. The third kappa shape index (κ3) is 2.04. The molecule has 0 radical (unpaired) electrons. The molecule has 21 heavy (non-hydrogen) atoms. The maximum absolute atomic E-state index is 11.7. The van der Waals surface area contributed by atoms with E-state index in [2.05, 4.69) is 21.0 Å². The quantitative estimate of drug-likeness (QED) is 0.904. The Morgan fingerprint density at radius 1 is 1.29 bits per heavy atom. The maximum atomic E-state index is 11.7. The van der Waals surface area contributed by atoms with Crippen LogP contribution in [-0.2, 0) is 16.9 Å². The molecule has 0 aliphatic heterocycles. The number of aliphatic hydroxyl groups is 1. The van der Waals surface area contributed by atoms with Crippen LogP contribution in [0.1, 0.15) is 37.8 Å². The van der Waals surface area contributed by atoms with E-state index in [0.29, 0.717) is 25.0 Å². The average Bonchev–Trinajstić information content (AvgIpc) is 2.83. The van der Waals surface area contributed by atoms with Crippen LogP contribution in [0.3, 0.4) is 0 Å². The van der Waals surface area contributed by atoms with E-state index in [1.165, 1.54) is 32.1 Å². The zero-order valence-electron chi connectivity index (χ0n) is 12.5. The highest BCUT2D eigenvalue weighted by atomic mass is 79.9. The van der Waals surface area contributed by atoms with Gasteiger partial charge >= 0.3 is 0 Å². The van der Waals surface area contributed by atoms with Gasteiger partial charge in [0.15, 0.2) is 0 Å². The Bertz CT molecular complexity index is 514. The van der Waals surface area contributed by atoms with Gasteiger partial charge in [0, 0.05) is 7.11 Å². The lowest BCUT2D eigenvalue weighted by Gasteiger charge is -2.58. The van der Waals surface area contributed by atoms with E-state index in [0.717, 1.165) is 22.0 Å². The van der Waals surface area contributed by atoms with Gasteiger partial charge in [0.2, 0.25) is 0 Å². The second kappa shape index (κ2) is 5.07. The van der Waals surface area contributed by atoms with Crippen molar-refractivity contribution in [2.75, 3.05) is 13.7 Å². The lowest BCUT2D eigenvalue weighted by Crippen LogP contribution is -2.56. The van der Waals surface area contributed by atoms with Crippen LogP contribution >= 0.6 is 15.9 Å². The molecule has 4 bridgehead atoms. The van der Waals surface area contributed by atoms with Crippen LogP contribution in [0.25, 0.3) is 0 Å². The standard InChI is InChI=1S/C16H23BrN2O2/c1-21-3-2-19-15(14(17)9-18-19)16(20)12-5-10-4-11(7-12)8-13(16)6-10/h9-13,20H,2-8H2,1H3. The number of methoxy groups -OCH3 is 1. The Morgan fingerprint density at radius 2 is 1.90 bits per heavy atom. The Labute approximate surface area is 134 Å². The molecule has 1 aromatic heterocycles. The van der Waals surface area contributed by atoms with Gasteiger partial charge < -0.3 is 9.84 Å². The van der Waals surface area contributed by atoms with Crippen LogP contribution < -0.4 is 0 Å². The van der Waals surface area contributed by atoms with Gasteiger partial charge in [-0.1, -0.05) is 0 Å². The van der Waals surface area contributed by atoms with E-state index >= 15 is 0 Å². The maximum Gasteiger partial charge on any atom is 0.113 e. The summed E-state index contributed by atoms with van der Waals surface area (Å²) in [6, 6.07) is 0. The van der Waals surface area contributed by atoms with E-state index in [4.69, 9.17) is 4.74 Å². The lowest BCUT2D eigenvalue weighted by atomic mass is 9.49. The molecule has 4 aliphatic rings. The number of hydrogen-bond acceptors (Lipinski definition) is 3. The molecule has 1 N–H and O–H groups in total. The molecule has 0 amide bonds. The van der Waals surface area contributed by atoms with Crippen LogP contribution in [0.5, 0.6) is 0 Å². The molecule has 0 unspecified atom stereocenters. The number of halogens is 1. The summed E-state index contributed by atoms with van der Waals surface area (Å²) in [5, 5.41) is 16.1. The molecule has 0 aromatic carbocycles. The van der Waals surface area contributed by atoms with Gasteiger partial charge in [0.25, 0.3) is 0 Å². The first kappa shape index (κ1) is 14.2. The van der Waals surface area contributed by atoms with Crippen LogP contribution in [0.15, 0.2) is 10.7 Å². The molecule has 4 saturated carbocycles. The first-order valence-electron chi connectivity index (χ1n) is 8.06. The summed E-state index contributed by atoms with van der Waals surface area (Å²) < 4.78 is 8.10. The molecule has 1 aromatic rings. The van der Waals surface area contributed by atoms with Crippen molar-refractivity contribution in [3.8, 4) is 0 Å². The van der Waals surface area contributed by atoms with E-state index < -0.39 is 5.60 Å². The number of ether oxygens (including phenoxy) is 1. The summed E-state index contributed by atoms with van der Waals surface area (Å²) in [6.07, 6.45) is 7.97. The van der Waals surface area contributed by atoms with E-state index in [-0.39, 0.29) is 0 Å². The van der Waals surface area contributed by atoms with Crippen LogP contribution in [0.2, 0.25) is 0 Å². The Morgan fingerprint density at radius 3 is 2.48 bits per heavy atom. The SMILES string of the molecule is COCCn1ncc(Br)c1C1(O)C2CC3CC(C2)CC1C3. The third-order valence-electron chi connectivity index (χ3n) is 6.06. The van der Waals surface area contributed by atoms with Crippen molar-refractivity contribution < 1.29 is 9.84 Å². The molecule has 1 heterocycles. The summed E-state index contributed by atoms with van der Waals surface area (Å²) >= 11 is 3.63. The summed E-state index contributed by atoms with van der Waals surface area (Å²) in [6.45, 7) is 1.32. The van der Waals surface area contributed by atoms with Crippen LogP contribution in [0.4, 0.5) is 0 Å². The Balaban J connectivity index is 1.73. The van der Waals surface area contributed by atoms with Crippen molar-refractivity contribution in [3.05, 3.63) is 16.4 Å². The van der Waals surface area contributed by atoms with Crippen molar-refractivity contribution in [2.45, 2.75) is 44.2 Å². The fourth-order valence-electron chi connectivity index (χ4n) is 5.40. The number of hydrogen-bond donors (Lipinski definition) is 1. The van der Waals surface area contributed by atoms with Gasteiger partial charge in [-0.25, -0.2) is 0 Å². The highest BCUT2D eigenvalue weighted by molar-refractivity contribution is 9.10. The van der Waals surface area contributed by atoms with Crippen molar-refractivity contribution in [3.63, 3.8) is 0 Å². The molecule has 4 fully saturated rings. The van der Waals surface area contributed by atoms with E-state index in [1.54, 1.807) is 7.11 Å². The smallest absolute Gasteiger partial charge is 0.113 e. The molecule has 116 valence electrons. The predicted octanol–water partition coefficient (Wildman–Crippen LogP) is 2.94. The molecule has 5 heteroatoms. The molecular weight excluding hydrogens is 332 g/mol. The number of rotatable bonds is 4. The third-order valence-corrected chi connectivity index (χ3v) is 6.64. The summed E-state index contributed by atoms with van der Waals surface area (Å²) in [5.74, 6) is 2.51. The Hall–Kier alpha value is -0.390. The van der Waals surface area contributed by atoms with E-state index in [1.807, 2.05) is 10.9 Å². The second-order valence-electron chi connectivity index (χ2n) is 7.19. The molecule has 0 saturated heterocycles. The zero-order chi connectivity index (χ0) is 14.6.